The molecule has 0 fully saturated rings. The van der Waals surface area contributed by atoms with Crippen LogP contribution in [0.2, 0.25) is 0 Å². The topological polar surface area (TPSA) is 58.6 Å². The van der Waals surface area contributed by atoms with Crippen molar-refractivity contribution in [3.63, 3.8) is 0 Å². The number of hydrogen-bond donors (Lipinski definition) is 1. The first kappa shape index (κ1) is 18.9. The molecule has 2 aromatic heterocycles. The molecule has 144 valence electrons. The number of carbonyl (C=O) groups excluding carboxylic acids is 2. The van der Waals surface area contributed by atoms with Gasteiger partial charge in [0.1, 0.15) is 5.00 Å². The third kappa shape index (κ3) is 3.87. The van der Waals surface area contributed by atoms with Crippen molar-refractivity contribution in [2.75, 3.05) is 19.0 Å². The van der Waals surface area contributed by atoms with E-state index in [1.54, 1.807) is 6.07 Å². The standard InChI is InChI=1S/C21H20N2O3S2/c1-26-21(25)18-15-9-10-23(12-14-6-3-2-4-7-14)13-17(15)28-20(18)22-19(24)16-8-5-11-27-16/h2-8,11H,9-10,12-13H2,1H3,(H,22,24). The fourth-order valence-electron chi connectivity index (χ4n) is 3.41. The van der Waals surface area contributed by atoms with Crippen LogP contribution in [0.5, 0.6) is 0 Å². The van der Waals surface area contributed by atoms with Gasteiger partial charge in [-0.15, -0.1) is 22.7 Å². The number of nitrogens with one attached hydrogen (secondary N) is 1. The summed E-state index contributed by atoms with van der Waals surface area (Å²) in [6, 6.07) is 14.0. The van der Waals surface area contributed by atoms with E-state index < -0.39 is 5.97 Å². The summed E-state index contributed by atoms with van der Waals surface area (Å²) >= 11 is 2.85. The van der Waals surface area contributed by atoms with Crippen LogP contribution in [0.3, 0.4) is 0 Å². The summed E-state index contributed by atoms with van der Waals surface area (Å²) in [6.07, 6.45) is 0.762. The number of methoxy groups -OCH3 is 1. The highest BCUT2D eigenvalue weighted by molar-refractivity contribution is 7.17. The molecule has 28 heavy (non-hydrogen) atoms. The molecule has 0 unspecified atom stereocenters. The van der Waals surface area contributed by atoms with Gasteiger partial charge in [-0.3, -0.25) is 9.69 Å². The quantitative estimate of drug-likeness (QED) is 0.631. The van der Waals surface area contributed by atoms with Gasteiger partial charge in [0, 0.05) is 24.5 Å². The molecule has 3 heterocycles. The zero-order valence-electron chi connectivity index (χ0n) is 15.4. The molecule has 7 heteroatoms. The van der Waals surface area contributed by atoms with Gasteiger partial charge in [0.25, 0.3) is 5.91 Å². The second-order valence-corrected chi connectivity index (χ2v) is 8.63. The molecule has 1 N–H and O–H groups in total. The normalized spacial score (nSPS) is 13.8. The van der Waals surface area contributed by atoms with Gasteiger partial charge in [-0.2, -0.15) is 0 Å². The number of rotatable bonds is 5. The largest absolute Gasteiger partial charge is 0.465 e. The minimum Gasteiger partial charge on any atom is -0.465 e. The van der Waals surface area contributed by atoms with Gasteiger partial charge in [-0.05, 0) is 29.0 Å². The number of ether oxygens (including phenoxy) is 1. The summed E-state index contributed by atoms with van der Waals surface area (Å²) < 4.78 is 5.00. The van der Waals surface area contributed by atoms with E-state index in [1.807, 2.05) is 29.6 Å². The highest BCUT2D eigenvalue weighted by Crippen LogP contribution is 2.38. The van der Waals surface area contributed by atoms with Crippen LogP contribution >= 0.6 is 22.7 Å². The van der Waals surface area contributed by atoms with Crippen molar-refractivity contribution >= 4 is 39.6 Å². The lowest BCUT2D eigenvalue weighted by Crippen LogP contribution is -2.29. The lowest BCUT2D eigenvalue weighted by molar-refractivity contribution is 0.0600. The molecule has 0 spiro atoms. The Morgan fingerprint density at radius 3 is 2.71 bits per heavy atom. The van der Waals surface area contributed by atoms with Crippen molar-refractivity contribution in [3.05, 3.63) is 74.3 Å². The number of hydrogen-bond acceptors (Lipinski definition) is 6. The van der Waals surface area contributed by atoms with E-state index in [1.165, 1.54) is 35.3 Å². The first-order valence-corrected chi connectivity index (χ1v) is 10.7. The van der Waals surface area contributed by atoms with Gasteiger partial charge in [0.2, 0.25) is 0 Å². The summed E-state index contributed by atoms with van der Waals surface area (Å²) in [5.41, 5.74) is 2.77. The monoisotopic (exact) mass is 412 g/mol. The van der Waals surface area contributed by atoms with E-state index in [2.05, 4.69) is 22.3 Å². The van der Waals surface area contributed by atoms with Crippen LogP contribution in [-0.2, 0) is 24.2 Å². The zero-order valence-corrected chi connectivity index (χ0v) is 17.1. The Kier molecular flexibility index (Phi) is 5.57. The minimum absolute atomic E-state index is 0.195. The summed E-state index contributed by atoms with van der Waals surface area (Å²) in [6.45, 7) is 2.48. The molecule has 0 atom stereocenters. The maximum atomic E-state index is 12.5. The second-order valence-electron chi connectivity index (χ2n) is 6.58. The number of amides is 1. The molecule has 1 aliphatic rings. The fraction of sp³-hybridized carbons (Fsp3) is 0.238. The molecule has 0 radical (unpaired) electrons. The van der Waals surface area contributed by atoms with Crippen LogP contribution in [0.15, 0.2) is 47.8 Å². The maximum absolute atomic E-state index is 12.5. The van der Waals surface area contributed by atoms with E-state index in [0.717, 1.165) is 36.5 Å². The number of benzene rings is 1. The predicted molar refractivity (Wildman–Crippen MR) is 112 cm³/mol. The highest BCUT2D eigenvalue weighted by Gasteiger charge is 2.29. The van der Waals surface area contributed by atoms with Crippen molar-refractivity contribution in [2.45, 2.75) is 19.5 Å². The van der Waals surface area contributed by atoms with Crippen molar-refractivity contribution in [1.82, 2.24) is 4.90 Å². The maximum Gasteiger partial charge on any atom is 0.341 e. The Bertz CT molecular complexity index is 981. The predicted octanol–water partition coefficient (Wildman–Crippen LogP) is 4.41. The van der Waals surface area contributed by atoms with Crippen LogP contribution in [-0.4, -0.2) is 30.4 Å². The lowest BCUT2D eigenvalue weighted by atomic mass is 10.0. The molecule has 0 aliphatic carbocycles. The molecular weight excluding hydrogens is 392 g/mol. The Morgan fingerprint density at radius 1 is 1.18 bits per heavy atom. The first-order chi connectivity index (χ1) is 13.7. The fourth-order valence-corrected chi connectivity index (χ4v) is 5.30. The number of anilines is 1. The van der Waals surface area contributed by atoms with E-state index in [0.29, 0.717) is 15.4 Å². The van der Waals surface area contributed by atoms with Crippen molar-refractivity contribution in [2.24, 2.45) is 0 Å². The zero-order chi connectivity index (χ0) is 19.5. The van der Waals surface area contributed by atoms with Crippen molar-refractivity contribution < 1.29 is 14.3 Å². The van der Waals surface area contributed by atoms with Crippen LogP contribution in [0.25, 0.3) is 0 Å². The molecule has 3 aromatic rings. The van der Waals surface area contributed by atoms with Gasteiger partial charge in [-0.25, -0.2) is 4.79 Å². The summed E-state index contributed by atoms with van der Waals surface area (Å²) in [7, 11) is 1.38. The van der Waals surface area contributed by atoms with Gasteiger partial charge < -0.3 is 10.1 Å². The molecule has 1 aliphatic heterocycles. The Labute approximate surface area is 171 Å². The van der Waals surface area contributed by atoms with Crippen LogP contribution in [0.1, 0.15) is 36.0 Å². The molecule has 0 bridgehead atoms. The Morgan fingerprint density at radius 2 is 2.00 bits per heavy atom. The number of nitrogens with zero attached hydrogens (tertiary/aromatic N) is 1. The minimum atomic E-state index is -0.393. The van der Waals surface area contributed by atoms with Crippen molar-refractivity contribution in [3.8, 4) is 0 Å². The number of thiophene rings is 2. The van der Waals surface area contributed by atoms with E-state index in [4.69, 9.17) is 4.74 Å². The average molecular weight is 413 g/mol. The third-order valence-corrected chi connectivity index (χ3v) is 6.75. The summed E-state index contributed by atoms with van der Waals surface area (Å²) in [5, 5.41) is 5.36. The molecule has 5 nitrogen and oxygen atoms in total. The Hall–Kier alpha value is -2.48. The third-order valence-electron chi connectivity index (χ3n) is 4.75. The molecule has 1 amide bonds. The SMILES string of the molecule is COC(=O)c1c(NC(=O)c2cccs2)sc2c1CCN(Cc1ccccc1)C2. The van der Waals surface area contributed by atoms with E-state index in [-0.39, 0.29) is 5.91 Å². The molecule has 4 rings (SSSR count). The summed E-state index contributed by atoms with van der Waals surface area (Å²) in [5.74, 6) is -0.588. The van der Waals surface area contributed by atoms with Gasteiger partial charge >= 0.3 is 5.97 Å². The number of esters is 1. The van der Waals surface area contributed by atoms with Crippen molar-refractivity contribution in [1.29, 1.82) is 0 Å². The number of carbonyl (C=O) groups is 2. The number of fused-ring (bicyclic) bond motifs is 1. The van der Waals surface area contributed by atoms with Crippen LogP contribution in [0, 0.1) is 0 Å². The lowest BCUT2D eigenvalue weighted by Gasteiger charge is -2.27. The van der Waals surface area contributed by atoms with E-state index >= 15 is 0 Å². The average Bonchev–Trinajstić information content (AvgIpc) is 3.36. The van der Waals surface area contributed by atoms with E-state index in [9.17, 15) is 9.59 Å². The first-order valence-electron chi connectivity index (χ1n) is 8.99. The van der Waals surface area contributed by atoms with Gasteiger partial charge in [0.15, 0.2) is 0 Å². The smallest absolute Gasteiger partial charge is 0.341 e. The van der Waals surface area contributed by atoms with Crippen LogP contribution < -0.4 is 5.32 Å². The molecular formula is C21H20N2O3S2. The van der Waals surface area contributed by atoms with Crippen LogP contribution in [0.4, 0.5) is 5.00 Å². The second kappa shape index (κ2) is 8.26. The summed E-state index contributed by atoms with van der Waals surface area (Å²) in [4.78, 5) is 29.0. The molecule has 0 saturated heterocycles. The highest BCUT2D eigenvalue weighted by atomic mass is 32.1. The molecule has 1 aromatic carbocycles. The molecule has 0 saturated carbocycles. The Balaban J connectivity index is 1.59. The van der Waals surface area contributed by atoms with Gasteiger partial charge in [0.05, 0.1) is 17.6 Å². The van der Waals surface area contributed by atoms with Gasteiger partial charge in [-0.1, -0.05) is 36.4 Å².